The van der Waals surface area contributed by atoms with Crippen LogP contribution in [0.3, 0.4) is 0 Å². The first-order valence-electron chi connectivity index (χ1n) is 13.0. The fraction of sp³-hybridized carbons (Fsp3) is 0.367. The van der Waals surface area contributed by atoms with Crippen LogP contribution in [0.4, 0.5) is 0 Å². The average molecular weight is 661 g/mol. The van der Waals surface area contributed by atoms with Crippen molar-refractivity contribution in [3.8, 4) is 22.9 Å². The second-order valence-electron chi connectivity index (χ2n) is 11.5. The topological polar surface area (TPSA) is 56.5 Å². The molecule has 2 aromatic carbocycles. The number of pyridine rings is 1. The lowest BCUT2D eigenvalue weighted by molar-refractivity contribution is 0.0858. The molecular weight excluding hydrogens is 627 g/mol. The Bertz CT molecular complexity index is 1460. The molecule has 1 saturated carbocycles. The van der Waals surface area contributed by atoms with Gasteiger partial charge < -0.3 is 14.6 Å². The van der Waals surface area contributed by atoms with Gasteiger partial charge in [-0.25, -0.2) is 4.98 Å². The second-order valence-corrected chi connectivity index (χ2v) is 18.7. The van der Waals surface area contributed by atoms with Gasteiger partial charge in [-0.1, -0.05) is 61.6 Å². The van der Waals surface area contributed by atoms with Gasteiger partial charge in [0, 0.05) is 35.3 Å². The molecule has 2 heterocycles. The lowest BCUT2D eigenvalue weighted by Gasteiger charge is -2.17. The molecule has 200 valence electrons. The minimum absolute atomic E-state index is 0.0631. The minimum Gasteiger partial charge on any atom is -0.441 e. The van der Waals surface area contributed by atoms with E-state index in [1.54, 1.807) is 0 Å². The molecule has 0 saturated heterocycles. The van der Waals surface area contributed by atoms with E-state index in [9.17, 15) is 5.11 Å². The SMILES string of the molecule is Cc1ccc(Oc2cc3nc(-c4ccc(C5(CO)CC5)cc4)c(Cl)cc3n2COCC[Si](C)(C)C)cc1I. The molecule has 1 aliphatic carbocycles. The van der Waals surface area contributed by atoms with Crippen LogP contribution >= 0.6 is 34.2 Å². The number of hydrogen-bond donors (Lipinski definition) is 1. The third-order valence-electron chi connectivity index (χ3n) is 7.31. The van der Waals surface area contributed by atoms with Gasteiger partial charge in [0.05, 0.1) is 28.4 Å². The predicted octanol–water partition coefficient (Wildman–Crippen LogP) is 8.40. The summed E-state index contributed by atoms with van der Waals surface area (Å²) in [7, 11) is -1.20. The Morgan fingerprint density at radius 3 is 2.45 bits per heavy atom. The fourth-order valence-electron chi connectivity index (χ4n) is 4.51. The molecule has 0 bridgehead atoms. The number of fused-ring (bicyclic) bond motifs is 1. The summed E-state index contributed by atoms with van der Waals surface area (Å²) in [5.41, 5.74) is 5.67. The Balaban J connectivity index is 1.49. The minimum atomic E-state index is -1.20. The molecule has 0 spiro atoms. The Kier molecular flexibility index (Phi) is 7.95. The number of aryl methyl sites for hydroxylation is 1. The predicted molar refractivity (Wildman–Crippen MR) is 166 cm³/mol. The van der Waals surface area contributed by atoms with Crippen LogP contribution in [0.1, 0.15) is 24.0 Å². The van der Waals surface area contributed by atoms with E-state index in [0.29, 0.717) is 24.2 Å². The zero-order valence-electron chi connectivity index (χ0n) is 22.4. The molecule has 0 radical (unpaired) electrons. The Hall–Kier alpha value is -1.91. The zero-order valence-corrected chi connectivity index (χ0v) is 26.3. The van der Waals surface area contributed by atoms with Crippen molar-refractivity contribution in [2.75, 3.05) is 13.2 Å². The van der Waals surface area contributed by atoms with E-state index in [0.717, 1.165) is 50.5 Å². The number of aliphatic hydroxyl groups excluding tert-OH is 1. The van der Waals surface area contributed by atoms with Gasteiger partial charge in [-0.3, -0.25) is 4.57 Å². The van der Waals surface area contributed by atoms with E-state index in [1.165, 1.54) is 11.1 Å². The van der Waals surface area contributed by atoms with Crippen molar-refractivity contribution < 1.29 is 14.6 Å². The third kappa shape index (κ3) is 5.97. The molecule has 0 amide bonds. The molecule has 4 aromatic rings. The second kappa shape index (κ2) is 10.9. The third-order valence-corrected chi connectivity index (χ3v) is 10.5. The maximum atomic E-state index is 9.78. The highest BCUT2D eigenvalue weighted by molar-refractivity contribution is 14.1. The van der Waals surface area contributed by atoms with Gasteiger partial charge in [-0.15, -0.1) is 0 Å². The molecular formula is C30H34ClIN2O3Si. The Morgan fingerprint density at radius 2 is 1.82 bits per heavy atom. The first-order chi connectivity index (χ1) is 18.1. The molecule has 5 rings (SSSR count). The largest absolute Gasteiger partial charge is 0.441 e. The molecule has 1 N–H and O–H groups in total. The molecule has 8 heteroatoms. The molecule has 0 unspecified atom stereocenters. The van der Waals surface area contributed by atoms with Gasteiger partial charge in [0.2, 0.25) is 5.88 Å². The van der Waals surface area contributed by atoms with Gasteiger partial charge in [-0.05, 0) is 77.7 Å². The Morgan fingerprint density at radius 1 is 1.08 bits per heavy atom. The number of benzene rings is 2. The van der Waals surface area contributed by atoms with Crippen LogP contribution in [-0.4, -0.2) is 35.9 Å². The van der Waals surface area contributed by atoms with Crippen molar-refractivity contribution in [3.63, 3.8) is 0 Å². The maximum absolute atomic E-state index is 9.78. The standard InChI is InChI=1S/C30H34ClIN2O3Si/c1-20-5-10-23(15-25(20)32)37-28-17-26-27(34(28)19-36-13-14-38(2,3)4)16-24(31)29(33-26)21-6-8-22(9-7-21)30(18-35)11-12-30/h5-10,15-17,35H,11-14,18-19H2,1-4H3. The van der Waals surface area contributed by atoms with Crippen molar-refractivity contribution >= 4 is 53.3 Å². The van der Waals surface area contributed by atoms with Crippen molar-refractivity contribution in [2.24, 2.45) is 0 Å². The molecule has 0 aliphatic heterocycles. The summed E-state index contributed by atoms with van der Waals surface area (Å²) in [6, 6.07) is 19.4. The highest BCUT2D eigenvalue weighted by Gasteiger charge is 2.43. The fourth-order valence-corrected chi connectivity index (χ4v) is 6.01. The van der Waals surface area contributed by atoms with Crippen LogP contribution in [0.25, 0.3) is 22.3 Å². The highest BCUT2D eigenvalue weighted by Crippen LogP contribution is 2.48. The molecule has 38 heavy (non-hydrogen) atoms. The van der Waals surface area contributed by atoms with E-state index in [1.807, 2.05) is 41.0 Å². The van der Waals surface area contributed by atoms with E-state index in [2.05, 4.69) is 67.4 Å². The van der Waals surface area contributed by atoms with Gasteiger partial charge in [0.1, 0.15) is 12.5 Å². The van der Waals surface area contributed by atoms with Crippen molar-refractivity contribution in [2.45, 2.75) is 57.6 Å². The number of aromatic nitrogens is 2. The van der Waals surface area contributed by atoms with Crippen LogP contribution in [0.15, 0.2) is 54.6 Å². The summed E-state index contributed by atoms with van der Waals surface area (Å²) in [5, 5.41) is 10.4. The average Bonchev–Trinajstić information content (AvgIpc) is 3.61. The van der Waals surface area contributed by atoms with Crippen LogP contribution in [0, 0.1) is 10.5 Å². The molecule has 5 nitrogen and oxygen atoms in total. The molecule has 1 aliphatic rings. The van der Waals surface area contributed by atoms with Gasteiger partial charge in [0.25, 0.3) is 0 Å². The number of aliphatic hydroxyl groups is 1. The van der Waals surface area contributed by atoms with Crippen molar-refractivity contribution in [1.29, 1.82) is 0 Å². The lowest BCUT2D eigenvalue weighted by atomic mass is 9.95. The van der Waals surface area contributed by atoms with Gasteiger partial charge >= 0.3 is 0 Å². The summed E-state index contributed by atoms with van der Waals surface area (Å²) in [5.74, 6) is 1.44. The summed E-state index contributed by atoms with van der Waals surface area (Å²) < 4.78 is 15.6. The van der Waals surface area contributed by atoms with E-state index in [-0.39, 0.29) is 12.0 Å². The van der Waals surface area contributed by atoms with Gasteiger partial charge in [-0.2, -0.15) is 0 Å². The van der Waals surface area contributed by atoms with Crippen LogP contribution in [0.2, 0.25) is 30.7 Å². The summed E-state index contributed by atoms with van der Waals surface area (Å²) in [6.45, 7) is 10.4. The van der Waals surface area contributed by atoms with Crippen LogP contribution in [-0.2, 0) is 16.9 Å². The van der Waals surface area contributed by atoms with Gasteiger partial charge in [0.15, 0.2) is 0 Å². The first-order valence-corrected chi connectivity index (χ1v) is 18.2. The quantitative estimate of drug-likeness (QED) is 0.105. The lowest BCUT2D eigenvalue weighted by Crippen LogP contribution is -2.22. The smallest absolute Gasteiger partial charge is 0.204 e. The van der Waals surface area contributed by atoms with Crippen molar-refractivity contribution in [3.05, 3.63) is 74.3 Å². The summed E-state index contributed by atoms with van der Waals surface area (Å²) in [4.78, 5) is 4.96. The number of ether oxygens (including phenoxy) is 2. The zero-order chi connectivity index (χ0) is 27.1. The number of rotatable bonds is 10. The van der Waals surface area contributed by atoms with Crippen molar-refractivity contribution in [1.82, 2.24) is 9.55 Å². The summed E-state index contributed by atoms with van der Waals surface area (Å²) in [6.07, 6.45) is 2.06. The monoisotopic (exact) mass is 660 g/mol. The highest BCUT2D eigenvalue weighted by atomic mass is 127. The Labute approximate surface area is 244 Å². The number of halogens is 2. The number of nitrogens with zero attached hydrogens (tertiary/aromatic N) is 2. The molecule has 1 fully saturated rings. The summed E-state index contributed by atoms with van der Waals surface area (Å²) >= 11 is 9.14. The van der Waals surface area contributed by atoms with E-state index < -0.39 is 8.07 Å². The maximum Gasteiger partial charge on any atom is 0.204 e. The van der Waals surface area contributed by atoms with Crippen LogP contribution in [0.5, 0.6) is 11.6 Å². The first kappa shape index (κ1) is 27.6. The van der Waals surface area contributed by atoms with E-state index >= 15 is 0 Å². The molecule has 2 aromatic heterocycles. The number of hydrogen-bond acceptors (Lipinski definition) is 4. The molecule has 0 atom stereocenters. The van der Waals surface area contributed by atoms with E-state index in [4.69, 9.17) is 26.1 Å². The van der Waals surface area contributed by atoms with Crippen LogP contribution < -0.4 is 4.74 Å². The normalized spacial score (nSPS) is 14.7.